The molecule has 1 nitrogen and oxygen atoms in total. The Hall–Kier alpha value is -1.10. The van der Waals surface area contributed by atoms with Crippen molar-refractivity contribution in [1.29, 1.82) is 0 Å². The first-order valence-corrected chi connectivity index (χ1v) is 9.27. The van der Waals surface area contributed by atoms with Gasteiger partial charge in [-0.25, -0.2) is 0 Å². The van der Waals surface area contributed by atoms with Gasteiger partial charge in [-0.05, 0) is 37.8 Å². The van der Waals surface area contributed by atoms with E-state index >= 15 is 0 Å². The molecule has 2 aliphatic carbocycles. The fourth-order valence-electron chi connectivity index (χ4n) is 3.15. The van der Waals surface area contributed by atoms with Gasteiger partial charge in [0.15, 0.2) is 11.5 Å². The van der Waals surface area contributed by atoms with Crippen molar-refractivity contribution >= 4 is 10.9 Å². The van der Waals surface area contributed by atoms with Crippen molar-refractivity contribution in [2.45, 2.75) is 31.9 Å². The van der Waals surface area contributed by atoms with Crippen LogP contribution >= 0.6 is 0 Å². The molecule has 1 aliphatic heterocycles. The molecule has 5 heteroatoms. The van der Waals surface area contributed by atoms with E-state index in [4.69, 9.17) is 4.74 Å². The molecule has 3 rings (SSSR count). The molecule has 1 atom stereocenters. The van der Waals surface area contributed by atoms with Crippen LogP contribution in [0, 0.1) is 5.92 Å². The predicted molar refractivity (Wildman–Crippen MR) is 84.5 cm³/mol. The maximum absolute atomic E-state index is 12.4. The highest BCUT2D eigenvalue weighted by Crippen LogP contribution is 2.41. The van der Waals surface area contributed by atoms with Crippen LogP contribution in [0.4, 0.5) is 13.2 Å². The summed E-state index contributed by atoms with van der Waals surface area (Å²) in [6, 6.07) is 0. The summed E-state index contributed by atoms with van der Waals surface area (Å²) in [5.74, 6) is 2.84. The number of hydrogen-bond acceptors (Lipinski definition) is 1. The van der Waals surface area contributed by atoms with Crippen molar-refractivity contribution in [2.75, 3.05) is 18.1 Å². The van der Waals surface area contributed by atoms with E-state index in [1.54, 1.807) is 6.08 Å². The minimum Gasteiger partial charge on any atom is -0.488 e. The fourth-order valence-corrected chi connectivity index (χ4v) is 5.70. The molecule has 0 radical (unpaired) electrons. The number of ether oxygens (including phenoxy) is 1. The number of allylic oxidation sites excluding steroid dienone is 7. The quantitative estimate of drug-likeness (QED) is 0.685. The topological polar surface area (TPSA) is 9.23 Å². The molecule has 3 aliphatic rings. The highest BCUT2D eigenvalue weighted by atomic mass is 32.2. The van der Waals surface area contributed by atoms with Crippen LogP contribution in [-0.4, -0.2) is 24.3 Å². The summed E-state index contributed by atoms with van der Waals surface area (Å²) in [5, 5.41) is 0. The van der Waals surface area contributed by atoms with Crippen LogP contribution in [0.2, 0.25) is 0 Å². The highest BCUT2D eigenvalue weighted by Gasteiger charge is 2.38. The fraction of sp³-hybridized carbons (Fsp3) is 0.529. The minimum atomic E-state index is -4.29. The Labute approximate surface area is 132 Å². The van der Waals surface area contributed by atoms with E-state index in [9.17, 15) is 13.2 Å². The lowest BCUT2D eigenvalue weighted by Gasteiger charge is -2.29. The zero-order valence-corrected chi connectivity index (χ0v) is 13.2. The summed E-state index contributed by atoms with van der Waals surface area (Å²) in [7, 11) is 0.251. The second-order valence-electron chi connectivity index (χ2n) is 5.80. The van der Waals surface area contributed by atoms with Gasteiger partial charge >= 0.3 is 6.18 Å². The zero-order valence-electron chi connectivity index (χ0n) is 12.4. The lowest BCUT2D eigenvalue weighted by atomic mass is 9.86. The van der Waals surface area contributed by atoms with Crippen molar-refractivity contribution in [3.8, 4) is 0 Å². The van der Waals surface area contributed by atoms with Crippen LogP contribution in [0.25, 0.3) is 0 Å². The second kappa shape index (κ2) is 6.57. The van der Waals surface area contributed by atoms with Gasteiger partial charge in [-0.3, -0.25) is 0 Å². The van der Waals surface area contributed by atoms with Gasteiger partial charge in [0.25, 0.3) is 0 Å². The average Bonchev–Trinajstić information content (AvgIpc) is 2.52. The SMILES string of the molecule is FC(F)(F)COC1=CC=C([S+]2CCCCC2)C2=CC=CCC12. The Balaban J connectivity index is 1.81. The molecule has 0 spiro atoms. The molecular formula is C17H20F3OS+. The summed E-state index contributed by atoms with van der Waals surface area (Å²) in [6.45, 7) is -1.21. The van der Waals surface area contributed by atoms with Crippen LogP contribution in [0.15, 0.2) is 46.6 Å². The molecule has 0 aromatic rings. The van der Waals surface area contributed by atoms with Gasteiger partial charge in [-0.2, -0.15) is 13.2 Å². The first kappa shape index (κ1) is 15.8. The summed E-state index contributed by atoms with van der Waals surface area (Å²) < 4.78 is 42.3. The molecule has 120 valence electrons. The molecule has 0 bridgehead atoms. The monoisotopic (exact) mass is 329 g/mol. The Morgan fingerprint density at radius 2 is 1.86 bits per heavy atom. The lowest BCUT2D eigenvalue weighted by molar-refractivity contribution is -0.166. The molecule has 22 heavy (non-hydrogen) atoms. The largest absolute Gasteiger partial charge is 0.488 e. The second-order valence-corrected chi connectivity index (χ2v) is 8.05. The average molecular weight is 329 g/mol. The van der Waals surface area contributed by atoms with Gasteiger partial charge in [-0.1, -0.05) is 18.2 Å². The number of hydrogen-bond donors (Lipinski definition) is 0. The van der Waals surface area contributed by atoms with Crippen molar-refractivity contribution < 1.29 is 17.9 Å². The van der Waals surface area contributed by atoms with Crippen molar-refractivity contribution in [1.82, 2.24) is 0 Å². The van der Waals surface area contributed by atoms with Crippen molar-refractivity contribution in [2.24, 2.45) is 5.92 Å². The van der Waals surface area contributed by atoms with E-state index in [1.807, 2.05) is 18.2 Å². The molecule has 0 saturated carbocycles. The highest BCUT2D eigenvalue weighted by molar-refractivity contribution is 8.00. The summed E-state index contributed by atoms with van der Waals surface area (Å²) in [4.78, 5) is 1.34. The molecule has 1 fully saturated rings. The van der Waals surface area contributed by atoms with E-state index in [-0.39, 0.29) is 16.8 Å². The number of fused-ring (bicyclic) bond motifs is 1. The molecule has 1 saturated heterocycles. The smallest absolute Gasteiger partial charge is 0.422 e. The van der Waals surface area contributed by atoms with Crippen LogP contribution in [0.1, 0.15) is 25.7 Å². The third kappa shape index (κ3) is 3.62. The molecule has 1 heterocycles. The Morgan fingerprint density at radius 1 is 1.09 bits per heavy atom. The molecule has 0 aromatic heterocycles. The molecule has 0 N–H and O–H groups in total. The normalized spacial score (nSPS) is 26.0. The zero-order chi connectivity index (χ0) is 15.6. The summed E-state index contributed by atoms with van der Waals surface area (Å²) >= 11 is 0. The Kier molecular flexibility index (Phi) is 4.71. The molecular weight excluding hydrogens is 309 g/mol. The van der Waals surface area contributed by atoms with E-state index < -0.39 is 12.8 Å². The minimum absolute atomic E-state index is 0.0400. The number of alkyl halides is 3. The van der Waals surface area contributed by atoms with E-state index in [0.29, 0.717) is 5.76 Å². The van der Waals surface area contributed by atoms with E-state index in [1.165, 1.54) is 41.2 Å². The van der Waals surface area contributed by atoms with Gasteiger partial charge in [0.2, 0.25) is 0 Å². The van der Waals surface area contributed by atoms with Crippen LogP contribution in [0.5, 0.6) is 0 Å². The molecule has 0 aromatic carbocycles. The third-order valence-corrected chi connectivity index (χ3v) is 6.74. The number of halogens is 3. The summed E-state index contributed by atoms with van der Waals surface area (Å²) in [6.07, 6.45) is 10.1. The summed E-state index contributed by atoms with van der Waals surface area (Å²) in [5.41, 5.74) is 1.17. The van der Waals surface area contributed by atoms with Gasteiger partial charge in [-0.15, -0.1) is 0 Å². The third-order valence-electron chi connectivity index (χ3n) is 4.18. The van der Waals surface area contributed by atoms with Crippen LogP contribution < -0.4 is 0 Å². The lowest BCUT2D eigenvalue weighted by Crippen LogP contribution is -2.27. The Bertz CT molecular complexity index is 537. The van der Waals surface area contributed by atoms with Gasteiger partial charge in [0.05, 0.1) is 0 Å². The van der Waals surface area contributed by atoms with Crippen LogP contribution in [-0.2, 0) is 15.6 Å². The number of rotatable bonds is 3. The maximum atomic E-state index is 12.4. The predicted octanol–water partition coefficient (Wildman–Crippen LogP) is 4.65. The van der Waals surface area contributed by atoms with E-state index in [2.05, 4.69) is 6.08 Å². The maximum Gasteiger partial charge on any atom is 0.422 e. The van der Waals surface area contributed by atoms with Gasteiger partial charge < -0.3 is 4.74 Å². The van der Waals surface area contributed by atoms with Crippen LogP contribution in [0.3, 0.4) is 0 Å². The first-order valence-electron chi connectivity index (χ1n) is 7.70. The molecule has 0 amide bonds. The standard InChI is InChI=1S/C17H20F3OS/c18-17(19,20)12-21-15-8-9-16(22-10-4-1-5-11-22)14-7-3-2-6-13(14)15/h2-3,7-9,13H,1,4-6,10-12H2/q+1. The Morgan fingerprint density at radius 3 is 2.59 bits per heavy atom. The van der Waals surface area contributed by atoms with Gasteiger partial charge in [0.1, 0.15) is 17.3 Å². The van der Waals surface area contributed by atoms with Gasteiger partial charge in [0, 0.05) is 22.4 Å². The van der Waals surface area contributed by atoms with Crippen molar-refractivity contribution in [3.63, 3.8) is 0 Å². The van der Waals surface area contributed by atoms with E-state index in [0.717, 1.165) is 6.42 Å². The first-order chi connectivity index (χ1) is 10.5. The van der Waals surface area contributed by atoms with Crippen molar-refractivity contribution in [3.05, 3.63) is 46.6 Å². The molecule has 1 unspecified atom stereocenters.